The molecule has 0 saturated carbocycles. The van der Waals surface area contributed by atoms with Gasteiger partial charge in [-0.25, -0.2) is 4.98 Å². The highest BCUT2D eigenvalue weighted by molar-refractivity contribution is 7.98. The van der Waals surface area contributed by atoms with Crippen molar-refractivity contribution >= 4 is 23.5 Å². The van der Waals surface area contributed by atoms with Crippen molar-refractivity contribution < 1.29 is 9.53 Å². The number of hydrogen-bond acceptors (Lipinski definition) is 5. The molecular weight excluding hydrogens is 398 g/mol. The van der Waals surface area contributed by atoms with Crippen LogP contribution < -0.4 is 15.6 Å². The topological polar surface area (TPSA) is 84.1 Å². The van der Waals surface area contributed by atoms with Gasteiger partial charge in [-0.05, 0) is 37.1 Å². The zero-order valence-corrected chi connectivity index (χ0v) is 17.7. The first-order chi connectivity index (χ1) is 14.5. The Hall–Kier alpha value is -3.06. The van der Waals surface area contributed by atoms with Gasteiger partial charge in [0.05, 0.1) is 11.7 Å². The van der Waals surface area contributed by atoms with Crippen molar-refractivity contribution in [1.29, 1.82) is 0 Å². The maximum Gasteiger partial charge on any atom is 0.257 e. The van der Waals surface area contributed by atoms with E-state index in [1.807, 2.05) is 68.4 Å². The van der Waals surface area contributed by atoms with Crippen LogP contribution in [0.15, 0.2) is 64.5 Å². The van der Waals surface area contributed by atoms with Crippen LogP contribution in [0.3, 0.4) is 0 Å². The van der Waals surface area contributed by atoms with Crippen molar-refractivity contribution in [3.05, 3.63) is 81.6 Å². The fourth-order valence-corrected chi connectivity index (χ4v) is 4.30. The number of carbonyl (C=O) groups excluding carboxylic acids is 1. The first-order valence-corrected chi connectivity index (χ1v) is 10.9. The Morgan fingerprint density at radius 2 is 1.83 bits per heavy atom. The Balaban J connectivity index is 1.61. The molecule has 1 aromatic heterocycles. The minimum absolute atomic E-state index is 0.0795. The van der Waals surface area contributed by atoms with E-state index in [-0.39, 0.29) is 29.9 Å². The Bertz CT molecular complexity index is 1090. The average molecular weight is 422 g/mol. The zero-order valence-electron chi connectivity index (χ0n) is 16.8. The molecule has 6 nitrogen and oxygen atoms in total. The molecule has 1 amide bonds. The van der Waals surface area contributed by atoms with E-state index in [0.29, 0.717) is 22.3 Å². The molecular formula is C23H23N3O3S. The molecule has 1 aliphatic rings. The normalized spacial score (nSPS) is 15.6. The molecule has 30 heavy (non-hydrogen) atoms. The number of H-pyrrole nitrogens is 1. The van der Waals surface area contributed by atoms with Gasteiger partial charge >= 0.3 is 0 Å². The fourth-order valence-electron chi connectivity index (χ4n) is 3.48. The molecule has 0 spiro atoms. The number of nitrogens with one attached hydrogen (secondary N) is 2. The number of amides is 1. The highest BCUT2D eigenvalue weighted by Gasteiger charge is 2.31. The quantitative estimate of drug-likeness (QED) is 0.457. The number of rotatable bonds is 6. The maximum atomic E-state index is 12.9. The Labute approximate surface area is 179 Å². The van der Waals surface area contributed by atoms with Crippen LogP contribution in [-0.4, -0.2) is 22.0 Å². The number of fused-ring (bicyclic) bond motifs is 1. The van der Waals surface area contributed by atoms with Crippen molar-refractivity contribution in [3.8, 4) is 5.75 Å². The van der Waals surface area contributed by atoms with Crippen LogP contribution in [0, 0.1) is 0 Å². The average Bonchev–Trinajstić information content (AvgIpc) is 2.72. The number of ether oxygens (including phenoxy) is 1. The third kappa shape index (κ3) is 4.57. The van der Waals surface area contributed by atoms with Crippen molar-refractivity contribution in [3.63, 3.8) is 0 Å². The predicted octanol–water partition coefficient (Wildman–Crippen LogP) is 4.32. The van der Waals surface area contributed by atoms with Gasteiger partial charge in [-0.3, -0.25) is 9.59 Å². The van der Waals surface area contributed by atoms with Gasteiger partial charge in [0.1, 0.15) is 11.6 Å². The van der Waals surface area contributed by atoms with E-state index in [1.165, 1.54) is 11.8 Å². The molecule has 0 bridgehead atoms. The van der Waals surface area contributed by atoms with Crippen LogP contribution in [0.25, 0.3) is 0 Å². The molecule has 0 radical (unpaired) electrons. The summed E-state index contributed by atoms with van der Waals surface area (Å²) in [5, 5.41) is 3.26. The van der Waals surface area contributed by atoms with E-state index in [0.717, 1.165) is 16.9 Å². The van der Waals surface area contributed by atoms with E-state index in [4.69, 9.17) is 4.74 Å². The minimum Gasteiger partial charge on any atom is -0.491 e. The molecule has 2 N–H and O–H groups in total. The summed E-state index contributed by atoms with van der Waals surface area (Å²) in [6.07, 6.45) is 0.287. The SMILES string of the molecule is CC(C)Oc1ccc(C2CC(=O)Nc3nc(SCc4ccccc4)[nH]c(=O)c32)cc1. The number of benzene rings is 2. The van der Waals surface area contributed by atoms with Gasteiger partial charge in [0.25, 0.3) is 5.56 Å². The van der Waals surface area contributed by atoms with Crippen molar-refractivity contribution in [2.45, 2.75) is 43.2 Å². The predicted molar refractivity (Wildman–Crippen MR) is 118 cm³/mol. The third-order valence-corrected chi connectivity index (χ3v) is 5.75. The number of nitrogens with zero attached hydrogens (tertiary/aromatic N) is 1. The van der Waals surface area contributed by atoms with Gasteiger partial charge in [-0.2, -0.15) is 0 Å². The van der Waals surface area contributed by atoms with Crippen molar-refractivity contribution in [2.75, 3.05) is 5.32 Å². The van der Waals surface area contributed by atoms with Gasteiger partial charge in [-0.15, -0.1) is 0 Å². The van der Waals surface area contributed by atoms with Crippen LogP contribution in [-0.2, 0) is 10.5 Å². The largest absolute Gasteiger partial charge is 0.491 e. The molecule has 7 heteroatoms. The van der Waals surface area contributed by atoms with Crippen LogP contribution in [0.5, 0.6) is 5.75 Å². The van der Waals surface area contributed by atoms with Crippen LogP contribution >= 0.6 is 11.8 Å². The van der Waals surface area contributed by atoms with Gasteiger partial charge in [0.15, 0.2) is 5.16 Å². The molecule has 4 rings (SSSR count). The van der Waals surface area contributed by atoms with E-state index in [1.54, 1.807) is 0 Å². The lowest BCUT2D eigenvalue weighted by molar-refractivity contribution is -0.116. The van der Waals surface area contributed by atoms with Crippen LogP contribution in [0.4, 0.5) is 5.82 Å². The monoisotopic (exact) mass is 421 g/mol. The fraction of sp³-hybridized carbons (Fsp3) is 0.261. The van der Waals surface area contributed by atoms with Gasteiger partial charge in [-0.1, -0.05) is 54.2 Å². The number of carbonyl (C=O) groups is 1. The zero-order chi connectivity index (χ0) is 21.1. The summed E-state index contributed by atoms with van der Waals surface area (Å²) >= 11 is 1.43. The Morgan fingerprint density at radius 3 is 2.53 bits per heavy atom. The number of aromatic nitrogens is 2. The summed E-state index contributed by atoms with van der Waals surface area (Å²) < 4.78 is 5.69. The van der Waals surface area contributed by atoms with Crippen LogP contribution in [0.2, 0.25) is 0 Å². The smallest absolute Gasteiger partial charge is 0.257 e. The standard InChI is InChI=1S/C23H23N3O3S/c1-14(2)29-17-10-8-16(9-11-17)18-12-19(27)24-21-20(18)22(28)26-23(25-21)30-13-15-6-4-3-5-7-15/h3-11,14,18H,12-13H2,1-2H3,(H2,24,25,26,27,28). The molecule has 0 aliphatic carbocycles. The summed E-state index contributed by atoms with van der Waals surface area (Å²) in [4.78, 5) is 32.6. The van der Waals surface area contributed by atoms with E-state index in [9.17, 15) is 9.59 Å². The molecule has 0 saturated heterocycles. The van der Waals surface area contributed by atoms with Crippen molar-refractivity contribution in [2.24, 2.45) is 0 Å². The summed E-state index contributed by atoms with van der Waals surface area (Å²) in [6, 6.07) is 17.5. The summed E-state index contributed by atoms with van der Waals surface area (Å²) in [5.74, 6) is 1.29. The second kappa shape index (κ2) is 8.75. The Morgan fingerprint density at radius 1 is 1.10 bits per heavy atom. The molecule has 2 heterocycles. The molecule has 3 aromatic rings. The highest BCUT2D eigenvalue weighted by Crippen LogP contribution is 2.35. The summed E-state index contributed by atoms with van der Waals surface area (Å²) in [6.45, 7) is 3.93. The van der Waals surface area contributed by atoms with E-state index >= 15 is 0 Å². The van der Waals surface area contributed by atoms with Crippen molar-refractivity contribution in [1.82, 2.24) is 9.97 Å². The number of aromatic amines is 1. The lowest BCUT2D eigenvalue weighted by Crippen LogP contribution is -2.31. The van der Waals surface area contributed by atoms with Gasteiger partial charge in [0, 0.05) is 18.1 Å². The number of hydrogen-bond donors (Lipinski definition) is 2. The Kier molecular flexibility index (Phi) is 5.90. The van der Waals surface area contributed by atoms with E-state index in [2.05, 4.69) is 15.3 Å². The van der Waals surface area contributed by atoms with Gasteiger partial charge in [0.2, 0.25) is 5.91 Å². The molecule has 2 aromatic carbocycles. The lowest BCUT2D eigenvalue weighted by atomic mass is 9.87. The summed E-state index contributed by atoms with van der Waals surface area (Å²) in [5.41, 5.74) is 2.30. The first kappa shape index (κ1) is 20.2. The molecule has 1 atom stereocenters. The molecule has 1 unspecified atom stereocenters. The second-order valence-electron chi connectivity index (χ2n) is 7.45. The van der Waals surface area contributed by atoms with Crippen LogP contribution in [0.1, 0.15) is 42.9 Å². The third-order valence-electron chi connectivity index (χ3n) is 4.80. The molecule has 154 valence electrons. The summed E-state index contributed by atoms with van der Waals surface area (Å²) in [7, 11) is 0. The second-order valence-corrected chi connectivity index (χ2v) is 8.41. The molecule has 1 aliphatic heterocycles. The maximum absolute atomic E-state index is 12.9. The van der Waals surface area contributed by atoms with Gasteiger partial charge < -0.3 is 15.0 Å². The lowest BCUT2D eigenvalue weighted by Gasteiger charge is -2.24. The molecule has 0 fully saturated rings. The number of thioether (sulfide) groups is 1. The minimum atomic E-state index is -0.341. The first-order valence-electron chi connectivity index (χ1n) is 9.87. The highest BCUT2D eigenvalue weighted by atomic mass is 32.2. The number of anilines is 1. The van der Waals surface area contributed by atoms with E-state index < -0.39 is 0 Å².